The van der Waals surface area contributed by atoms with E-state index in [1.165, 1.54) is 0 Å². The molecule has 0 radical (unpaired) electrons. The predicted octanol–water partition coefficient (Wildman–Crippen LogP) is 5.86. The predicted molar refractivity (Wildman–Crippen MR) is 107 cm³/mol. The van der Waals surface area contributed by atoms with Gasteiger partial charge in [-0.3, -0.25) is 0 Å². The number of benzene rings is 3. The number of hydrogen-bond acceptors (Lipinski definition) is 2. The zero-order valence-corrected chi connectivity index (χ0v) is 14.7. The summed E-state index contributed by atoms with van der Waals surface area (Å²) in [4.78, 5) is 0. The van der Waals surface area contributed by atoms with Crippen molar-refractivity contribution in [1.29, 1.82) is 0 Å². The summed E-state index contributed by atoms with van der Waals surface area (Å²) in [5.74, 6) is 0.816. The van der Waals surface area contributed by atoms with E-state index in [1.807, 2.05) is 55.5 Å². The third kappa shape index (κ3) is 3.74. The van der Waals surface area contributed by atoms with Gasteiger partial charge in [0.25, 0.3) is 0 Å². The number of allylic oxidation sites excluding steroid dienone is 1. The van der Waals surface area contributed by atoms with E-state index in [1.54, 1.807) is 0 Å². The summed E-state index contributed by atoms with van der Waals surface area (Å²) in [6, 6.07) is 22.3. The van der Waals surface area contributed by atoms with Crippen LogP contribution < -0.4 is 10.5 Å². The lowest BCUT2D eigenvalue weighted by Gasteiger charge is -2.18. The van der Waals surface area contributed by atoms with Crippen LogP contribution in [0.15, 0.2) is 72.8 Å². The molecule has 0 saturated carbocycles. The van der Waals surface area contributed by atoms with E-state index in [4.69, 9.17) is 10.5 Å². The molecule has 0 atom stereocenters. The first-order valence-corrected chi connectivity index (χ1v) is 8.48. The van der Waals surface area contributed by atoms with Gasteiger partial charge in [-0.1, -0.05) is 72.8 Å². The van der Waals surface area contributed by atoms with Crippen molar-refractivity contribution >= 4 is 11.8 Å². The fourth-order valence-corrected chi connectivity index (χ4v) is 3.04. The smallest absolute Gasteiger partial charge is 0.129 e. The average molecular weight is 329 g/mol. The molecule has 0 aliphatic carbocycles. The van der Waals surface area contributed by atoms with Gasteiger partial charge in [0.15, 0.2) is 0 Å². The average Bonchev–Trinajstić information content (AvgIpc) is 2.64. The van der Waals surface area contributed by atoms with Gasteiger partial charge in [0.05, 0.1) is 0 Å². The van der Waals surface area contributed by atoms with E-state index in [0.29, 0.717) is 6.61 Å². The lowest BCUT2D eigenvalue weighted by Crippen LogP contribution is -2.02. The molecule has 3 aromatic carbocycles. The second-order valence-electron chi connectivity index (χ2n) is 6.02. The van der Waals surface area contributed by atoms with Crippen LogP contribution in [0.2, 0.25) is 0 Å². The van der Waals surface area contributed by atoms with Gasteiger partial charge in [0.1, 0.15) is 12.4 Å². The molecule has 0 aliphatic heterocycles. The van der Waals surface area contributed by atoms with Crippen LogP contribution in [-0.4, -0.2) is 0 Å². The SMILES string of the molecule is C/C=C\c1c(OCc2ccccc2)cc(N)c(-c2ccccc2)c1C. The Kier molecular flexibility index (Phi) is 5.20. The largest absolute Gasteiger partial charge is 0.488 e. The highest BCUT2D eigenvalue weighted by atomic mass is 16.5. The Morgan fingerprint density at radius 3 is 2.24 bits per heavy atom. The quantitative estimate of drug-likeness (QED) is 0.595. The number of nitrogen functional groups attached to an aromatic ring is 1. The van der Waals surface area contributed by atoms with Crippen molar-refractivity contribution in [2.24, 2.45) is 0 Å². The number of ether oxygens (including phenoxy) is 1. The minimum absolute atomic E-state index is 0.523. The molecule has 0 unspecified atom stereocenters. The van der Waals surface area contributed by atoms with Gasteiger partial charge < -0.3 is 10.5 Å². The summed E-state index contributed by atoms with van der Waals surface area (Å²) in [5.41, 5.74) is 12.7. The molecule has 0 spiro atoms. The molecule has 0 bridgehead atoms. The molecular weight excluding hydrogens is 306 g/mol. The van der Waals surface area contributed by atoms with E-state index in [9.17, 15) is 0 Å². The van der Waals surface area contributed by atoms with Crippen LogP contribution in [0.25, 0.3) is 17.2 Å². The monoisotopic (exact) mass is 329 g/mol. The first-order chi connectivity index (χ1) is 12.2. The Morgan fingerprint density at radius 1 is 0.960 bits per heavy atom. The third-order valence-corrected chi connectivity index (χ3v) is 4.25. The van der Waals surface area contributed by atoms with E-state index < -0.39 is 0 Å². The molecule has 3 rings (SSSR count). The minimum atomic E-state index is 0.523. The molecule has 0 amide bonds. The number of rotatable bonds is 5. The second kappa shape index (κ2) is 7.71. The third-order valence-electron chi connectivity index (χ3n) is 4.25. The summed E-state index contributed by atoms with van der Waals surface area (Å²) in [6.45, 7) is 4.64. The Bertz CT molecular complexity index is 868. The highest BCUT2D eigenvalue weighted by Crippen LogP contribution is 2.38. The Labute approximate surface area is 149 Å². The zero-order valence-electron chi connectivity index (χ0n) is 14.7. The van der Waals surface area contributed by atoms with Gasteiger partial charge in [-0.15, -0.1) is 0 Å². The molecule has 2 nitrogen and oxygen atoms in total. The fraction of sp³-hybridized carbons (Fsp3) is 0.130. The molecule has 0 aromatic heterocycles. The van der Waals surface area contributed by atoms with Crippen LogP contribution in [0.5, 0.6) is 5.75 Å². The van der Waals surface area contributed by atoms with Crippen molar-refractivity contribution < 1.29 is 4.74 Å². The van der Waals surface area contributed by atoms with Gasteiger partial charge in [-0.2, -0.15) is 0 Å². The van der Waals surface area contributed by atoms with Gasteiger partial charge in [-0.05, 0) is 30.5 Å². The molecular formula is C23H23NO. The highest BCUT2D eigenvalue weighted by molar-refractivity contribution is 5.85. The van der Waals surface area contributed by atoms with Gasteiger partial charge in [0, 0.05) is 22.9 Å². The van der Waals surface area contributed by atoms with Crippen molar-refractivity contribution in [3.8, 4) is 16.9 Å². The van der Waals surface area contributed by atoms with Crippen LogP contribution in [0.1, 0.15) is 23.6 Å². The Balaban J connectivity index is 2.01. The van der Waals surface area contributed by atoms with E-state index in [0.717, 1.165) is 39.3 Å². The van der Waals surface area contributed by atoms with Crippen LogP contribution in [-0.2, 0) is 6.61 Å². The maximum atomic E-state index is 6.38. The van der Waals surface area contributed by atoms with Crippen molar-refractivity contribution in [3.63, 3.8) is 0 Å². The van der Waals surface area contributed by atoms with E-state index in [2.05, 4.69) is 37.3 Å². The number of hydrogen-bond donors (Lipinski definition) is 1. The highest BCUT2D eigenvalue weighted by Gasteiger charge is 2.14. The minimum Gasteiger partial charge on any atom is -0.488 e. The molecule has 0 aliphatic rings. The van der Waals surface area contributed by atoms with Crippen LogP contribution in [0.3, 0.4) is 0 Å². The molecule has 0 saturated heterocycles. The number of anilines is 1. The summed E-state index contributed by atoms with van der Waals surface area (Å²) in [7, 11) is 0. The van der Waals surface area contributed by atoms with Gasteiger partial charge >= 0.3 is 0 Å². The summed E-state index contributed by atoms with van der Waals surface area (Å²) in [6.07, 6.45) is 4.12. The van der Waals surface area contributed by atoms with Gasteiger partial charge in [-0.25, -0.2) is 0 Å². The first kappa shape index (κ1) is 16.8. The van der Waals surface area contributed by atoms with Crippen molar-refractivity contribution in [3.05, 3.63) is 89.5 Å². The van der Waals surface area contributed by atoms with Gasteiger partial charge in [0.2, 0.25) is 0 Å². The van der Waals surface area contributed by atoms with E-state index in [-0.39, 0.29) is 0 Å². The summed E-state index contributed by atoms with van der Waals surface area (Å²) >= 11 is 0. The molecule has 25 heavy (non-hydrogen) atoms. The maximum Gasteiger partial charge on any atom is 0.129 e. The van der Waals surface area contributed by atoms with Crippen LogP contribution in [0, 0.1) is 6.92 Å². The topological polar surface area (TPSA) is 35.2 Å². The van der Waals surface area contributed by atoms with E-state index >= 15 is 0 Å². The Morgan fingerprint density at radius 2 is 1.60 bits per heavy atom. The van der Waals surface area contributed by atoms with Crippen molar-refractivity contribution in [1.82, 2.24) is 0 Å². The lowest BCUT2D eigenvalue weighted by atomic mass is 9.93. The second-order valence-corrected chi connectivity index (χ2v) is 6.02. The zero-order chi connectivity index (χ0) is 17.6. The molecule has 126 valence electrons. The molecule has 0 fully saturated rings. The Hall–Kier alpha value is -3.00. The fourth-order valence-electron chi connectivity index (χ4n) is 3.04. The van der Waals surface area contributed by atoms with Crippen LogP contribution >= 0.6 is 0 Å². The van der Waals surface area contributed by atoms with Crippen molar-refractivity contribution in [2.45, 2.75) is 20.5 Å². The molecule has 0 heterocycles. The van der Waals surface area contributed by atoms with Crippen LogP contribution in [0.4, 0.5) is 5.69 Å². The maximum absolute atomic E-state index is 6.38. The molecule has 2 N–H and O–H groups in total. The molecule has 2 heteroatoms. The summed E-state index contributed by atoms with van der Waals surface area (Å²) < 4.78 is 6.10. The molecule has 3 aromatic rings. The summed E-state index contributed by atoms with van der Waals surface area (Å²) in [5, 5.41) is 0. The van der Waals surface area contributed by atoms with Crippen molar-refractivity contribution in [2.75, 3.05) is 5.73 Å². The lowest BCUT2D eigenvalue weighted by molar-refractivity contribution is 0.305. The standard InChI is InChI=1S/C23H23NO/c1-3-10-20-17(2)23(19-13-8-5-9-14-19)21(24)15-22(20)25-16-18-11-6-4-7-12-18/h3-15H,16,24H2,1-2H3/b10-3-. The normalized spacial score (nSPS) is 11.0. The number of nitrogens with two attached hydrogens (primary N) is 1. The first-order valence-electron chi connectivity index (χ1n) is 8.48.